The topological polar surface area (TPSA) is 74.6 Å². The van der Waals surface area contributed by atoms with Crippen molar-refractivity contribution in [3.8, 4) is 0 Å². The van der Waals surface area contributed by atoms with Crippen molar-refractivity contribution in [2.45, 2.75) is 20.8 Å². The molecule has 70 valence electrons. The Morgan fingerprint density at radius 2 is 2.00 bits per heavy atom. The van der Waals surface area contributed by atoms with Crippen LogP contribution in [0.1, 0.15) is 20.8 Å². The highest BCUT2D eigenvalue weighted by molar-refractivity contribution is 7.86. The van der Waals surface area contributed by atoms with E-state index in [9.17, 15) is 4.21 Å². The van der Waals surface area contributed by atoms with E-state index in [-0.39, 0.29) is 18.3 Å². The lowest BCUT2D eigenvalue weighted by atomic mass is 9.89. The zero-order valence-electron chi connectivity index (χ0n) is 6.22. The van der Waals surface area contributed by atoms with E-state index in [1.54, 1.807) is 0 Å². The van der Waals surface area contributed by atoms with Gasteiger partial charge in [0.2, 0.25) is 0 Å². The molecule has 1 heterocycles. The van der Waals surface area contributed by atoms with Crippen LogP contribution in [0, 0.1) is 5.41 Å². The van der Waals surface area contributed by atoms with Gasteiger partial charge in [-0.05, 0) is 13.0 Å². The minimum atomic E-state index is -0.541. The van der Waals surface area contributed by atoms with Crippen LogP contribution in [0.15, 0.2) is 0 Å². The van der Waals surface area contributed by atoms with Crippen molar-refractivity contribution < 1.29 is 9.69 Å². The molecule has 0 saturated carbocycles. The van der Waals surface area contributed by atoms with Gasteiger partial charge in [-0.25, -0.2) is 0 Å². The number of hydrogen-bond donors (Lipinski definition) is 1. The summed E-state index contributed by atoms with van der Waals surface area (Å²) in [4.78, 5) is 0. The minimum absolute atomic E-state index is 0. The van der Waals surface area contributed by atoms with Crippen molar-refractivity contribution in [3.05, 3.63) is 0 Å². The average molecular weight is 181 g/mol. The normalized spacial score (nSPS) is 34.5. The Balaban J connectivity index is 0. The van der Waals surface area contributed by atoms with Crippen LogP contribution in [0.25, 0.3) is 0 Å². The zero-order valence-corrected chi connectivity index (χ0v) is 7.04. The second-order valence-corrected chi connectivity index (χ2v) is 4.24. The molecule has 0 amide bonds. The molecule has 11 heavy (non-hydrogen) atoms. The Hall–Kier alpha value is 0.0700. The summed E-state index contributed by atoms with van der Waals surface area (Å²) in [7, 11) is -0.541. The molecule has 1 aliphatic heterocycles. The number of rotatable bonds is 2. The lowest BCUT2D eigenvalue weighted by Crippen LogP contribution is -2.49. The van der Waals surface area contributed by atoms with Gasteiger partial charge in [0.25, 0.3) is 0 Å². The fourth-order valence-electron chi connectivity index (χ4n) is 1.11. The molecule has 0 atom stereocenters. The van der Waals surface area contributed by atoms with Crippen LogP contribution in [-0.4, -0.2) is 27.7 Å². The van der Waals surface area contributed by atoms with E-state index in [2.05, 4.69) is 6.92 Å². The third kappa shape index (κ3) is 2.54. The summed E-state index contributed by atoms with van der Waals surface area (Å²) in [6.45, 7) is 2.82. The van der Waals surface area contributed by atoms with Gasteiger partial charge in [-0.2, -0.15) is 0 Å². The van der Waals surface area contributed by atoms with E-state index in [4.69, 9.17) is 5.73 Å². The summed E-state index contributed by atoms with van der Waals surface area (Å²) in [6.07, 6.45) is 1.08. The molecule has 0 aliphatic carbocycles. The van der Waals surface area contributed by atoms with Crippen molar-refractivity contribution >= 4 is 10.8 Å². The van der Waals surface area contributed by atoms with Gasteiger partial charge in [-0.3, -0.25) is 4.21 Å². The Morgan fingerprint density at radius 3 is 2.09 bits per heavy atom. The Morgan fingerprint density at radius 1 is 1.55 bits per heavy atom. The molecule has 1 aliphatic rings. The lowest BCUT2D eigenvalue weighted by molar-refractivity contribution is 0.346. The molecule has 0 aromatic heterocycles. The molecular formula is C7H19NO2S. The van der Waals surface area contributed by atoms with Crippen LogP contribution in [0.5, 0.6) is 0 Å². The van der Waals surface area contributed by atoms with Gasteiger partial charge in [-0.1, -0.05) is 14.4 Å². The van der Waals surface area contributed by atoms with Crippen LogP contribution in [0.4, 0.5) is 0 Å². The molecule has 0 aromatic carbocycles. The first kappa shape index (κ1) is 13.6. The van der Waals surface area contributed by atoms with Gasteiger partial charge in [-0.15, -0.1) is 0 Å². The zero-order chi connectivity index (χ0) is 6.91. The predicted molar refractivity (Wildman–Crippen MR) is 50.0 cm³/mol. The van der Waals surface area contributed by atoms with Crippen molar-refractivity contribution in [3.63, 3.8) is 0 Å². The van der Waals surface area contributed by atoms with E-state index in [1.165, 1.54) is 0 Å². The van der Waals surface area contributed by atoms with Gasteiger partial charge in [0.1, 0.15) is 0 Å². The van der Waals surface area contributed by atoms with Gasteiger partial charge in [0.05, 0.1) is 0 Å². The maximum absolute atomic E-state index is 10.7. The molecule has 1 rings (SSSR count). The molecule has 0 spiro atoms. The summed E-state index contributed by atoms with van der Waals surface area (Å²) in [5.74, 6) is 1.67. The highest BCUT2D eigenvalue weighted by Crippen LogP contribution is 2.31. The number of nitrogens with two attached hydrogens (primary N) is 1. The maximum atomic E-state index is 10.7. The Labute approximate surface area is 71.1 Å². The van der Waals surface area contributed by atoms with E-state index >= 15 is 0 Å². The fourth-order valence-corrected chi connectivity index (χ4v) is 3.03. The first-order valence-electron chi connectivity index (χ1n) is 3.27. The van der Waals surface area contributed by atoms with Crippen LogP contribution < -0.4 is 5.73 Å². The molecular weight excluding hydrogens is 162 g/mol. The predicted octanol–water partition coefficient (Wildman–Crippen LogP) is -0.0848. The largest absolute Gasteiger partial charge is 0.412 e. The first-order chi connectivity index (χ1) is 4.22. The third-order valence-corrected chi connectivity index (χ3v) is 3.99. The number of hydrogen-bond acceptors (Lipinski definition) is 2. The Kier molecular flexibility index (Phi) is 6.02. The average Bonchev–Trinajstić information content (AvgIpc) is 1.81. The lowest BCUT2D eigenvalue weighted by Gasteiger charge is -2.38. The van der Waals surface area contributed by atoms with Crippen LogP contribution in [0.2, 0.25) is 0 Å². The third-order valence-electron chi connectivity index (χ3n) is 2.12. The van der Waals surface area contributed by atoms with Crippen LogP contribution in [-0.2, 0) is 10.8 Å². The molecule has 0 unspecified atom stereocenters. The monoisotopic (exact) mass is 181 g/mol. The van der Waals surface area contributed by atoms with Crippen molar-refractivity contribution in [1.82, 2.24) is 0 Å². The van der Waals surface area contributed by atoms with E-state index in [0.717, 1.165) is 17.9 Å². The van der Waals surface area contributed by atoms with Crippen LogP contribution in [0.3, 0.4) is 0 Å². The molecule has 4 N–H and O–H groups in total. The summed E-state index contributed by atoms with van der Waals surface area (Å²) in [6, 6.07) is 0. The summed E-state index contributed by atoms with van der Waals surface area (Å²) < 4.78 is 10.7. The molecule has 0 bridgehead atoms. The maximum Gasteiger partial charge on any atom is 0.0312 e. The van der Waals surface area contributed by atoms with Crippen molar-refractivity contribution in [1.29, 1.82) is 0 Å². The second kappa shape index (κ2) is 4.85. The van der Waals surface area contributed by atoms with Crippen molar-refractivity contribution in [2.24, 2.45) is 11.1 Å². The van der Waals surface area contributed by atoms with E-state index in [1.807, 2.05) is 0 Å². The molecule has 0 aromatic rings. The fraction of sp³-hybridized carbons (Fsp3) is 1.00. The van der Waals surface area contributed by atoms with E-state index < -0.39 is 10.8 Å². The first-order valence-corrected chi connectivity index (χ1v) is 4.76. The Bertz CT molecular complexity index is 124. The van der Waals surface area contributed by atoms with Gasteiger partial charge in [0.15, 0.2) is 0 Å². The SMILES string of the molecule is C.CCC1(CN)CS(=O)C1.O. The molecule has 3 nitrogen and oxygen atoms in total. The standard InChI is InChI=1S/C6H13NOS.CH4.H2O/c1-2-6(3-7)4-9(8)5-6;;/h2-5,7H2,1H3;1H4;1H2. The highest BCUT2D eigenvalue weighted by atomic mass is 32.2. The molecule has 1 saturated heterocycles. The quantitative estimate of drug-likeness (QED) is 0.646. The summed E-state index contributed by atoms with van der Waals surface area (Å²) in [5, 5.41) is 0. The molecule has 1 fully saturated rings. The van der Waals surface area contributed by atoms with Crippen molar-refractivity contribution in [2.75, 3.05) is 18.1 Å². The second-order valence-electron chi connectivity index (χ2n) is 2.79. The van der Waals surface area contributed by atoms with Crippen LogP contribution >= 0.6 is 0 Å². The molecule has 0 radical (unpaired) electrons. The smallest absolute Gasteiger partial charge is 0.0312 e. The van der Waals surface area contributed by atoms with Gasteiger partial charge in [0, 0.05) is 27.7 Å². The summed E-state index contributed by atoms with van der Waals surface area (Å²) in [5.41, 5.74) is 5.76. The molecule has 4 heteroatoms. The van der Waals surface area contributed by atoms with Gasteiger partial charge < -0.3 is 11.2 Å². The van der Waals surface area contributed by atoms with E-state index in [0.29, 0.717) is 6.54 Å². The van der Waals surface area contributed by atoms with Gasteiger partial charge >= 0.3 is 0 Å². The highest BCUT2D eigenvalue weighted by Gasteiger charge is 2.39. The minimum Gasteiger partial charge on any atom is -0.412 e. The summed E-state index contributed by atoms with van der Waals surface area (Å²) >= 11 is 0.